The zero-order valence-electron chi connectivity index (χ0n) is 18.1. The molecule has 0 N–H and O–H groups in total. The maximum absolute atomic E-state index is 13.0. The summed E-state index contributed by atoms with van der Waals surface area (Å²) in [4.78, 5) is 32.9. The molecule has 5 nitrogen and oxygen atoms in total. The van der Waals surface area contributed by atoms with Gasteiger partial charge in [0, 0.05) is 43.9 Å². The lowest BCUT2D eigenvalue weighted by Crippen LogP contribution is -2.37. The van der Waals surface area contributed by atoms with Gasteiger partial charge in [0.1, 0.15) is 0 Å². The van der Waals surface area contributed by atoms with Crippen molar-refractivity contribution in [2.75, 3.05) is 33.7 Å². The Bertz CT molecular complexity index is 916. The van der Waals surface area contributed by atoms with Gasteiger partial charge in [-0.25, -0.2) is 0 Å². The Hall–Kier alpha value is -1.60. The van der Waals surface area contributed by atoms with Crippen molar-refractivity contribution in [2.24, 2.45) is 0 Å². The first-order chi connectivity index (χ1) is 14.8. The third-order valence-corrected chi connectivity index (χ3v) is 7.22. The first-order valence-corrected chi connectivity index (χ1v) is 12.2. The number of fused-ring (bicyclic) bond motifs is 1. The fourth-order valence-electron chi connectivity index (χ4n) is 3.72. The van der Waals surface area contributed by atoms with E-state index >= 15 is 0 Å². The summed E-state index contributed by atoms with van der Waals surface area (Å²) in [6, 6.07) is 7.53. The lowest BCUT2D eigenvalue weighted by Gasteiger charge is -2.28. The standard InChI is InChI=1S/C23H29Cl2N3O2S/c1-26(2)10-3-11-27(15-17-4-5-19(24)20(25)14-17)22(29)6-7-23(30)28-12-8-21-18(16-28)9-13-31-21/h4-5,9,13-14H,3,6-8,10-12,15-16H2,1-2H3. The quantitative estimate of drug-likeness (QED) is 0.521. The van der Waals surface area contributed by atoms with Crippen LogP contribution in [0.4, 0.5) is 0 Å². The highest BCUT2D eigenvalue weighted by atomic mass is 35.5. The predicted octanol–water partition coefficient (Wildman–Crippen LogP) is 4.70. The lowest BCUT2D eigenvalue weighted by atomic mass is 10.1. The molecular weight excluding hydrogens is 453 g/mol. The fraction of sp³-hybridized carbons (Fsp3) is 0.478. The highest BCUT2D eigenvalue weighted by molar-refractivity contribution is 7.10. The molecule has 0 unspecified atom stereocenters. The molecule has 0 saturated heterocycles. The largest absolute Gasteiger partial charge is 0.338 e. The highest BCUT2D eigenvalue weighted by Crippen LogP contribution is 2.25. The van der Waals surface area contributed by atoms with Crippen LogP contribution in [0.5, 0.6) is 0 Å². The van der Waals surface area contributed by atoms with Crippen molar-refractivity contribution >= 4 is 46.4 Å². The lowest BCUT2D eigenvalue weighted by molar-refractivity contribution is -0.137. The Balaban J connectivity index is 1.57. The van der Waals surface area contributed by atoms with Crippen LogP contribution in [0, 0.1) is 0 Å². The van der Waals surface area contributed by atoms with E-state index in [1.807, 2.05) is 30.0 Å². The molecule has 3 rings (SSSR count). The van der Waals surface area contributed by atoms with Gasteiger partial charge in [0.15, 0.2) is 0 Å². The summed E-state index contributed by atoms with van der Waals surface area (Å²) < 4.78 is 0. The number of hydrogen-bond acceptors (Lipinski definition) is 4. The van der Waals surface area contributed by atoms with Crippen molar-refractivity contribution < 1.29 is 9.59 Å². The van der Waals surface area contributed by atoms with Crippen molar-refractivity contribution in [1.29, 1.82) is 0 Å². The molecule has 0 fully saturated rings. The van der Waals surface area contributed by atoms with Gasteiger partial charge in [0.25, 0.3) is 0 Å². The van der Waals surface area contributed by atoms with Gasteiger partial charge < -0.3 is 14.7 Å². The van der Waals surface area contributed by atoms with Crippen molar-refractivity contribution in [2.45, 2.75) is 38.8 Å². The Morgan fingerprint density at radius 3 is 2.65 bits per heavy atom. The van der Waals surface area contributed by atoms with E-state index in [9.17, 15) is 9.59 Å². The number of thiophene rings is 1. The smallest absolute Gasteiger partial charge is 0.223 e. The maximum Gasteiger partial charge on any atom is 0.223 e. The number of halogens is 2. The molecule has 0 saturated carbocycles. The second-order valence-corrected chi connectivity index (χ2v) is 9.97. The van der Waals surface area contributed by atoms with Gasteiger partial charge in [-0.3, -0.25) is 9.59 Å². The minimum atomic E-state index is -0.00795. The molecule has 1 aliphatic rings. The molecule has 1 aromatic carbocycles. The summed E-state index contributed by atoms with van der Waals surface area (Å²) >= 11 is 13.9. The molecule has 0 spiro atoms. The van der Waals surface area contributed by atoms with E-state index in [4.69, 9.17) is 23.2 Å². The molecule has 0 bridgehead atoms. The molecule has 2 amide bonds. The Morgan fingerprint density at radius 2 is 1.90 bits per heavy atom. The highest BCUT2D eigenvalue weighted by Gasteiger charge is 2.23. The molecule has 8 heteroatoms. The van der Waals surface area contributed by atoms with Gasteiger partial charge in [0.05, 0.1) is 10.0 Å². The Kier molecular flexibility index (Phi) is 8.78. The number of carbonyl (C=O) groups excluding carboxylic acids is 2. The first-order valence-electron chi connectivity index (χ1n) is 10.5. The van der Waals surface area contributed by atoms with E-state index in [0.29, 0.717) is 29.7 Å². The normalized spacial score (nSPS) is 13.4. The van der Waals surface area contributed by atoms with Crippen LogP contribution in [0.3, 0.4) is 0 Å². The van der Waals surface area contributed by atoms with Crippen LogP contribution in [-0.2, 0) is 29.1 Å². The average Bonchev–Trinajstić information content (AvgIpc) is 3.21. The first kappa shape index (κ1) is 24.1. The number of rotatable bonds is 9. The number of benzene rings is 1. The topological polar surface area (TPSA) is 43.9 Å². The number of amides is 2. The third kappa shape index (κ3) is 6.94. The van der Waals surface area contributed by atoms with Crippen LogP contribution in [0.2, 0.25) is 10.0 Å². The second-order valence-electron chi connectivity index (χ2n) is 8.15. The van der Waals surface area contributed by atoms with Gasteiger partial charge in [-0.2, -0.15) is 0 Å². The summed E-state index contributed by atoms with van der Waals surface area (Å²) in [5.74, 6) is 0.0411. The predicted molar refractivity (Wildman–Crippen MR) is 128 cm³/mol. The van der Waals surface area contributed by atoms with Gasteiger partial charge in [-0.05, 0) is 68.2 Å². The number of carbonyl (C=O) groups is 2. The van der Waals surface area contributed by atoms with Crippen molar-refractivity contribution in [3.63, 3.8) is 0 Å². The van der Waals surface area contributed by atoms with Crippen LogP contribution in [0.25, 0.3) is 0 Å². The molecule has 2 heterocycles. The summed E-state index contributed by atoms with van der Waals surface area (Å²) in [6.45, 7) is 3.37. The van der Waals surface area contributed by atoms with Gasteiger partial charge in [-0.1, -0.05) is 29.3 Å². The van der Waals surface area contributed by atoms with Crippen LogP contribution < -0.4 is 0 Å². The number of hydrogen-bond donors (Lipinski definition) is 0. The van der Waals surface area contributed by atoms with E-state index in [0.717, 1.165) is 31.5 Å². The summed E-state index contributed by atoms with van der Waals surface area (Å²) in [5.41, 5.74) is 2.17. The molecular formula is C23H29Cl2N3O2S. The zero-order valence-corrected chi connectivity index (χ0v) is 20.4. The monoisotopic (exact) mass is 481 g/mol. The molecule has 1 aliphatic heterocycles. The van der Waals surface area contributed by atoms with Crippen LogP contribution in [-0.4, -0.2) is 60.2 Å². The zero-order chi connectivity index (χ0) is 22.4. The van der Waals surface area contributed by atoms with Crippen molar-refractivity contribution in [3.05, 3.63) is 55.7 Å². The average molecular weight is 482 g/mol. The third-order valence-electron chi connectivity index (χ3n) is 5.46. The van der Waals surface area contributed by atoms with E-state index in [2.05, 4.69) is 16.3 Å². The second kappa shape index (κ2) is 11.3. The molecule has 168 valence electrons. The minimum absolute atomic E-state index is 0.00795. The van der Waals surface area contributed by atoms with E-state index in [1.165, 1.54) is 10.4 Å². The van der Waals surface area contributed by atoms with Crippen molar-refractivity contribution in [1.82, 2.24) is 14.7 Å². The summed E-state index contributed by atoms with van der Waals surface area (Å²) in [6.07, 6.45) is 2.22. The van der Waals surface area contributed by atoms with Crippen molar-refractivity contribution in [3.8, 4) is 0 Å². The molecule has 31 heavy (non-hydrogen) atoms. The number of nitrogens with zero attached hydrogens (tertiary/aromatic N) is 3. The molecule has 0 radical (unpaired) electrons. The maximum atomic E-state index is 13.0. The van der Waals surface area contributed by atoms with Gasteiger partial charge >= 0.3 is 0 Å². The SMILES string of the molecule is CN(C)CCCN(Cc1ccc(Cl)c(Cl)c1)C(=O)CCC(=O)N1CCc2sccc2C1. The summed E-state index contributed by atoms with van der Waals surface area (Å²) in [7, 11) is 4.03. The molecule has 0 aliphatic carbocycles. The van der Waals surface area contributed by atoms with E-state index in [-0.39, 0.29) is 24.7 Å². The van der Waals surface area contributed by atoms with Gasteiger partial charge in [0.2, 0.25) is 11.8 Å². The molecule has 0 atom stereocenters. The Labute approximate surface area is 198 Å². The van der Waals surface area contributed by atoms with Gasteiger partial charge in [-0.15, -0.1) is 11.3 Å². The fourth-order valence-corrected chi connectivity index (χ4v) is 4.93. The van der Waals surface area contributed by atoms with Crippen LogP contribution >= 0.6 is 34.5 Å². The summed E-state index contributed by atoms with van der Waals surface area (Å²) in [5, 5.41) is 3.06. The van der Waals surface area contributed by atoms with E-state index < -0.39 is 0 Å². The van der Waals surface area contributed by atoms with E-state index in [1.54, 1.807) is 23.5 Å². The molecule has 1 aromatic heterocycles. The minimum Gasteiger partial charge on any atom is -0.338 e. The van der Waals surface area contributed by atoms with Crippen LogP contribution in [0.1, 0.15) is 35.3 Å². The molecule has 2 aromatic rings. The Morgan fingerprint density at radius 1 is 1.10 bits per heavy atom. The van der Waals surface area contributed by atoms with Crippen LogP contribution in [0.15, 0.2) is 29.6 Å².